The maximum Gasteiger partial charge on any atom is 0.314 e. The number of sulfonamides is 2. The number of nitrogens with zero attached hydrogens (tertiary/aromatic N) is 4. The third kappa shape index (κ3) is 13.9. The number of aliphatic hydroxyl groups is 1. The fraction of sp³-hybridized carbons (Fsp3) is 0.920. The summed E-state index contributed by atoms with van der Waals surface area (Å²) in [7, 11) is -3.89. The Hall–Kier alpha value is -2.58. The van der Waals surface area contributed by atoms with Crippen molar-refractivity contribution in [3.8, 4) is 0 Å². The van der Waals surface area contributed by atoms with Gasteiger partial charge in [-0.15, -0.1) is 0 Å². The van der Waals surface area contributed by atoms with E-state index in [0.717, 1.165) is 38.8 Å². The van der Waals surface area contributed by atoms with Gasteiger partial charge in [0.2, 0.25) is 26.8 Å². The molecule has 0 spiro atoms. The van der Waals surface area contributed by atoms with Gasteiger partial charge in [-0.25, -0.2) is 35.5 Å². The fourth-order valence-electron chi connectivity index (χ4n) is 13.6. The summed E-state index contributed by atoms with van der Waals surface area (Å²) in [6.07, 6.45) is 9.29. The van der Waals surface area contributed by atoms with Gasteiger partial charge in [0.1, 0.15) is 0 Å². The molecule has 0 aromatic heterocycles. The van der Waals surface area contributed by atoms with Crippen LogP contribution < -0.4 is 10.9 Å². The minimum Gasteiger partial charge on any atom is -0.481 e. The Labute approximate surface area is 433 Å². The first-order valence-electron chi connectivity index (χ1n) is 27.2. The average molecular weight is 1080 g/mol. The molecule has 0 amide bonds. The van der Waals surface area contributed by atoms with E-state index in [4.69, 9.17) is 18.9 Å². The summed E-state index contributed by atoms with van der Waals surface area (Å²) in [4.78, 5) is 48.0. The Bertz CT molecular complexity index is 2100. The van der Waals surface area contributed by atoms with E-state index in [0.29, 0.717) is 103 Å². The molecule has 5 N–H and O–H groups in total. The molecule has 418 valence electrons. The van der Waals surface area contributed by atoms with Gasteiger partial charge in [-0.05, 0) is 134 Å². The summed E-state index contributed by atoms with van der Waals surface area (Å²) in [6.45, 7) is 9.61. The van der Waals surface area contributed by atoms with Gasteiger partial charge in [0.15, 0.2) is 0 Å². The van der Waals surface area contributed by atoms with Crippen LogP contribution in [0.15, 0.2) is 0 Å². The van der Waals surface area contributed by atoms with E-state index in [1.807, 2.05) is 6.92 Å². The minimum atomic E-state index is -3.70. The van der Waals surface area contributed by atoms with E-state index >= 15 is 0 Å². The average Bonchev–Trinajstić information content (AvgIpc) is 3.98. The molecule has 2 saturated carbocycles. The molecule has 6 heterocycles. The summed E-state index contributed by atoms with van der Waals surface area (Å²) in [5.41, 5.74) is 6.08. The van der Waals surface area contributed by atoms with E-state index in [9.17, 15) is 51.3 Å². The number of carbonyl (C=O) groups is 4. The first-order valence-corrected chi connectivity index (χ1v) is 30.2. The highest BCUT2D eigenvalue weighted by Gasteiger charge is 2.51. The largest absolute Gasteiger partial charge is 0.481 e. The van der Waals surface area contributed by atoms with Crippen LogP contribution in [0, 0.1) is 46.8 Å². The number of nitrogens with one attached hydrogen (secondary N) is 2. The van der Waals surface area contributed by atoms with Crippen molar-refractivity contribution in [3.63, 3.8) is 0 Å². The van der Waals surface area contributed by atoms with Gasteiger partial charge in [0.25, 0.3) is 0 Å². The Morgan fingerprint density at radius 1 is 0.616 bits per heavy atom. The molecule has 2 aliphatic carbocycles. The van der Waals surface area contributed by atoms with E-state index in [2.05, 4.69) is 20.9 Å². The second-order valence-electron chi connectivity index (χ2n) is 22.9. The molecule has 0 radical (unpaired) electrons. The zero-order chi connectivity index (χ0) is 52.8. The van der Waals surface area contributed by atoms with Crippen molar-refractivity contribution in [1.82, 2.24) is 29.5 Å². The second kappa shape index (κ2) is 25.3. The van der Waals surface area contributed by atoms with Gasteiger partial charge in [-0.1, -0.05) is 6.92 Å². The van der Waals surface area contributed by atoms with Crippen LogP contribution in [0.1, 0.15) is 130 Å². The number of hydrogen-bond acceptors (Lipinski definition) is 17. The minimum absolute atomic E-state index is 0.0155. The lowest BCUT2D eigenvalue weighted by molar-refractivity contribution is -0.174. The smallest absolute Gasteiger partial charge is 0.314 e. The van der Waals surface area contributed by atoms with Crippen LogP contribution in [0.25, 0.3) is 0 Å². The Kier molecular flexibility index (Phi) is 20.1. The number of esters is 2. The third-order valence-electron chi connectivity index (χ3n) is 18.5. The number of aliphatic hydroxyl groups excluding tert-OH is 1. The molecule has 6 saturated heterocycles. The normalized spacial score (nSPS) is 34.8. The van der Waals surface area contributed by atoms with Gasteiger partial charge in [-0.2, -0.15) is 0 Å². The third-order valence-corrected chi connectivity index (χ3v) is 23.2. The number of hydrogen-bond donors (Lipinski definition) is 5. The van der Waals surface area contributed by atoms with Gasteiger partial charge in [0.05, 0.1) is 53.0 Å². The number of rotatable bonds is 17. The highest BCUT2D eigenvalue weighted by atomic mass is 32.2. The Morgan fingerprint density at radius 2 is 1.10 bits per heavy atom. The molecule has 12 atom stereocenters. The van der Waals surface area contributed by atoms with Gasteiger partial charge < -0.3 is 34.3 Å². The number of carbonyl (C=O) groups excluding carboxylic acids is 2. The maximum absolute atomic E-state index is 14.0. The van der Waals surface area contributed by atoms with Crippen molar-refractivity contribution < 1.29 is 70.3 Å². The molecule has 0 aromatic carbocycles. The highest BCUT2D eigenvalue weighted by Crippen LogP contribution is 2.46. The predicted octanol–water partition coefficient (Wildman–Crippen LogP) is 3.03. The fourth-order valence-corrected chi connectivity index (χ4v) is 18.3. The molecule has 0 bridgehead atoms. The standard InChI is InChI=1S/C29H49N3O9S.C21H37N3O6S/c1-5-29(2,3)28(36)41-18-40-26(33)16-21-17-30-32-13-8-19(14-24(21)32)23-7-6-20(27(34)35)15-25(23)42(37,38)31-11-9-22(39-4)10-12-31;1-30-17-5-7-23(8-6-17)31(28,29)20-12-16(25)2-3-18(20)14-4-9-24-19(10-14)15(13-22-24)11-21(26)27/h19-25,30H,5-18H2,1-4H3,(H,34,35);14-20,22,25H,2-13H2,1H3,(H,26,27). The zero-order valence-corrected chi connectivity index (χ0v) is 45.4. The summed E-state index contributed by atoms with van der Waals surface area (Å²) in [5.74, 6) is -2.97. The molecule has 6 aliphatic heterocycles. The maximum atomic E-state index is 14.0. The lowest BCUT2D eigenvalue weighted by Gasteiger charge is -2.45. The summed E-state index contributed by atoms with van der Waals surface area (Å²) < 4.78 is 79.7. The number of piperidine rings is 4. The lowest BCUT2D eigenvalue weighted by atomic mass is 9.70. The SMILES string of the molecule is CCC(C)(C)C(=O)OCOC(=O)CC1CNN2CCC(C3CCC(C(=O)O)CC3S(=O)(=O)N3CCC(OC)CC3)CC12.COC1CCN(S(=O)(=O)C2CC(O)CCC2C2CCN3NCC(CC(=O)O)C3C2)CC1. The molecule has 21 nitrogen and oxygen atoms in total. The van der Waals surface area contributed by atoms with Gasteiger partial charge in [0, 0.05) is 90.5 Å². The molecular formula is C50H86N6O15S2. The Balaban J connectivity index is 0.000000223. The first kappa shape index (κ1) is 58.1. The monoisotopic (exact) mass is 1070 g/mol. The molecule has 8 aliphatic rings. The number of ether oxygens (including phenoxy) is 4. The molecular weight excluding hydrogens is 989 g/mol. The number of carboxylic acids is 2. The van der Waals surface area contributed by atoms with Gasteiger partial charge in [-0.3, -0.25) is 30.0 Å². The molecule has 23 heteroatoms. The number of hydrazine groups is 2. The van der Waals surface area contributed by atoms with Crippen LogP contribution in [0.2, 0.25) is 0 Å². The number of carboxylic acid groups (broad SMARTS) is 2. The van der Waals surface area contributed by atoms with Crippen molar-refractivity contribution in [2.24, 2.45) is 46.8 Å². The molecule has 0 aromatic rings. The van der Waals surface area contributed by atoms with Crippen LogP contribution in [0.5, 0.6) is 0 Å². The summed E-state index contributed by atoms with van der Waals surface area (Å²) in [5, 5.41) is 32.4. The van der Waals surface area contributed by atoms with E-state index < -0.39 is 78.7 Å². The van der Waals surface area contributed by atoms with Crippen molar-refractivity contribution in [3.05, 3.63) is 0 Å². The van der Waals surface area contributed by atoms with E-state index in [-0.39, 0.29) is 79.1 Å². The first-order chi connectivity index (χ1) is 34.7. The van der Waals surface area contributed by atoms with Crippen LogP contribution in [-0.2, 0) is 58.2 Å². The van der Waals surface area contributed by atoms with Crippen LogP contribution >= 0.6 is 0 Å². The number of aliphatic carboxylic acids is 2. The zero-order valence-electron chi connectivity index (χ0n) is 43.8. The van der Waals surface area contributed by atoms with Crippen molar-refractivity contribution in [2.75, 3.05) is 73.4 Å². The lowest BCUT2D eigenvalue weighted by Crippen LogP contribution is -2.53. The highest BCUT2D eigenvalue weighted by molar-refractivity contribution is 7.90. The molecule has 8 fully saturated rings. The van der Waals surface area contributed by atoms with Gasteiger partial charge >= 0.3 is 23.9 Å². The second-order valence-corrected chi connectivity index (χ2v) is 27.2. The quantitative estimate of drug-likeness (QED) is 0.103. The van der Waals surface area contributed by atoms with Crippen molar-refractivity contribution in [2.45, 2.75) is 171 Å². The topological polar surface area (TPSA) is 271 Å². The number of fused-ring (bicyclic) bond motifs is 2. The predicted molar refractivity (Wildman–Crippen MR) is 268 cm³/mol. The number of methoxy groups -OCH3 is 2. The molecule has 8 rings (SSSR count). The van der Waals surface area contributed by atoms with Crippen molar-refractivity contribution >= 4 is 43.9 Å². The summed E-state index contributed by atoms with van der Waals surface area (Å²) >= 11 is 0. The van der Waals surface area contributed by atoms with E-state index in [1.54, 1.807) is 36.7 Å². The van der Waals surface area contributed by atoms with Crippen LogP contribution in [-0.4, -0.2) is 189 Å². The van der Waals surface area contributed by atoms with Crippen molar-refractivity contribution in [1.29, 1.82) is 0 Å². The summed E-state index contributed by atoms with van der Waals surface area (Å²) in [6, 6.07) is 0.179. The Morgan fingerprint density at radius 3 is 1.56 bits per heavy atom. The van der Waals surface area contributed by atoms with E-state index in [1.165, 1.54) is 0 Å². The van der Waals surface area contributed by atoms with Crippen LogP contribution in [0.3, 0.4) is 0 Å². The molecule has 12 unspecified atom stereocenters. The van der Waals surface area contributed by atoms with Crippen LogP contribution in [0.4, 0.5) is 0 Å². The molecule has 73 heavy (non-hydrogen) atoms.